The van der Waals surface area contributed by atoms with Crippen LogP contribution in [-0.2, 0) is 9.59 Å². The van der Waals surface area contributed by atoms with E-state index >= 15 is 0 Å². The van der Waals surface area contributed by atoms with Crippen LogP contribution in [0.3, 0.4) is 0 Å². The van der Waals surface area contributed by atoms with Crippen LogP contribution in [-0.4, -0.2) is 35.8 Å². The maximum absolute atomic E-state index is 12.5. The standard InChI is InChI=1S/C15H26N2O2/c1-15(2,13(18)16-12-8-4-5-9-12)14(19)17-10-6-3-7-11-17/h12H,3-11H2,1-2H3,(H,16,18). The van der Waals surface area contributed by atoms with Crippen molar-refractivity contribution in [1.82, 2.24) is 10.2 Å². The van der Waals surface area contributed by atoms with Gasteiger partial charge in [-0.15, -0.1) is 0 Å². The molecule has 0 atom stereocenters. The number of rotatable bonds is 3. The zero-order chi connectivity index (χ0) is 13.9. The van der Waals surface area contributed by atoms with Gasteiger partial charge in [0.05, 0.1) is 0 Å². The summed E-state index contributed by atoms with van der Waals surface area (Å²) < 4.78 is 0. The first-order chi connectivity index (χ1) is 9.01. The van der Waals surface area contributed by atoms with Gasteiger partial charge in [0.1, 0.15) is 5.41 Å². The van der Waals surface area contributed by atoms with Crippen molar-refractivity contribution >= 4 is 11.8 Å². The summed E-state index contributed by atoms with van der Waals surface area (Å²) in [5.74, 6) is -0.113. The highest BCUT2D eigenvalue weighted by Crippen LogP contribution is 2.24. The second-order valence-electron chi connectivity index (χ2n) is 6.43. The van der Waals surface area contributed by atoms with E-state index in [0.717, 1.165) is 38.8 Å². The number of likely N-dealkylation sites (tertiary alicyclic amines) is 1. The van der Waals surface area contributed by atoms with Gasteiger partial charge in [-0.05, 0) is 46.0 Å². The van der Waals surface area contributed by atoms with Crippen molar-refractivity contribution in [3.05, 3.63) is 0 Å². The van der Waals surface area contributed by atoms with E-state index in [4.69, 9.17) is 0 Å². The lowest BCUT2D eigenvalue weighted by Gasteiger charge is -2.34. The maximum atomic E-state index is 12.5. The smallest absolute Gasteiger partial charge is 0.237 e. The van der Waals surface area contributed by atoms with E-state index in [0.29, 0.717) is 0 Å². The van der Waals surface area contributed by atoms with Crippen LogP contribution in [0.25, 0.3) is 0 Å². The molecular weight excluding hydrogens is 240 g/mol. The minimum Gasteiger partial charge on any atom is -0.352 e. The molecule has 2 aliphatic rings. The Bertz CT molecular complexity index is 340. The Balaban J connectivity index is 1.94. The predicted octanol–water partition coefficient (Wildman–Crippen LogP) is 2.08. The van der Waals surface area contributed by atoms with E-state index in [1.807, 2.05) is 4.90 Å². The molecule has 4 heteroatoms. The number of hydrogen-bond acceptors (Lipinski definition) is 2. The van der Waals surface area contributed by atoms with E-state index < -0.39 is 5.41 Å². The molecular formula is C15H26N2O2. The highest BCUT2D eigenvalue weighted by molar-refractivity contribution is 6.04. The average Bonchev–Trinajstić information content (AvgIpc) is 2.91. The van der Waals surface area contributed by atoms with E-state index in [1.54, 1.807) is 13.8 Å². The van der Waals surface area contributed by atoms with Crippen LogP contribution in [0.4, 0.5) is 0 Å². The summed E-state index contributed by atoms with van der Waals surface area (Å²) in [6.07, 6.45) is 7.80. The Morgan fingerprint density at radius 2 is 1.58 bits per heavy atom. The van der Waals surface area contributed by atoms with Crippen LogP contribution in [0.2, 0.25) is 0 Å². The fraction of sp³-hybridized carbons (Fsp3) is 0.867. The molecule has 1 heterocycles. The Labute approximate surface area is 115 Å². The van der Waals surface area contributed by atoms with Gasteiger partial charge >= 0.3 is 0 Å². The molecule has 1 saturated carbocycles. The minimum atomic E-state index is -0.931. The van der Waals surface area contributed by atoms with Crippen molar-refractivity contribution in [2.45, 2.75) is 64.8 Å². The third-order valence-electron chi connectivity index (χ3n) is 4.44. The summed E-state index contributed by atoms with van der Waals surface area (Å²) in [5.41, 5.74) is -0.931. The monoisotopic (exact) mass is 266 g/mol. The Kier molecular flexibility index (Phi) is 4.48. The quantitative estimate of drug-likeness (QED) is 0.795. The second kappa shape index (κ2) is 5.93. The first-order valence-corrected chi connectivity index (χ1v) is 7.62. The number of piperidine rings is 1. The van der Waals surface area contributed by atoms with E-state index in [1.165, 1.54) is 19.3 Å². The molecule has 4 nitrogen and oxygen atoms in total. The minimum absolute atomic E-state index is 0.0114. The summed E-state index contributed by atoms with van der Waals surface area (Å²) in [4.78, 5) is 26.7. The molecule has 0 radical (unpaired) electrons. The molecule has 2 rings (SSSR count). The van der Waals surface area contributed by atoms with Crippen molar-refractivity contribution in [2.75, 3.05) is 13.1 Å². The summed E-state index contributed by atoms with van der Waals surface area (Å²) in [5, 5.41) is 3.05. The lowest BCUT2D eigenvalue weighted by Crippen LogP contribution is -2.52. The zero-order valence-electron chi connectivity index (χ0n) is 12.2. The average molecular weight is 266 g/mol. The first kappa shape index (κ1) is 14.4. The van der Waals surface area contributed by atoms with Gasteiger partial charge in [0.15, 0.2) is 0 Å². The first-order valence-electron chi connectivity index (χ1n) is 7.62. The van der Waals surface area contributed by atoms with E-state index in [-0.39, 0.29) is 17.9 Å². The fourth-order valence-corrected chi connectivity index (χ4v) is 3.03. The van der Waals surface area contributed by atoms with Gasteiger partial charge in [0.25, 0.3) is 0 Å². The Morgan fingerprint density at radius 1 is 1.00 bits per heavy atom. The zero-order valence-corrected chi connectivity index (χ0v) is 12.2. The molecule has 1 N–H and O–H groups in total. The molecule has 0 aromatic heterocycles. The largest absolute Gasteiger partial charge is 0.352 e. The topological polar surface area (TPSA) is 49.4 Å². The second-order valence-corrected chi connectivity index (χ2v) is 6.43. The van der Waals surface area contributed by atoms with Gasteiger partial charge in [-0.3, -0.25) is 9.59 Å². The van der Waals surface area contributed by atoms with Gasteiger partial charge in [0, 0.05) is 19.1 Å². The normalized spacial score (nSPS) is 21.5. The molecule has 108 valence electrons. The molecule has 0 aromatic rings. The highest BCUT2D eigenvalue weighted by Gasteiger charge is 2.40. The van der Waals surface area contributed by atoms with Crippen LogP contribution in [0.1, 0.15) is 58.8 Å². The highest BCUT2D eigenvalue weighted by atomic mass is 16.2. The number of nitrogens with one attached hydrogen (secondary N) is 1. The molecule has 1 aliphatic heterocycles. The summed E-state index contributed by atoms with van der Waals surface area (Å²) >= 11 is 0. The number of nitrogens with zero attached hydrogens (tertiary/aromatic N) is 1. The van der Waals surface area contributed by atoms with Crippen LogP contribution >= 0.6 is 0 Å². The number of hydrogen-bond donors (Lipinski definition) is 1. The maximum Gasteiger partial charge on any atom is 0.237 e. The molecule has 0 aromatic carbocycles. The number of carbonyl (C=O) groups excluding carboxylic acids is 2. The Hall–Kier alpha value is -1.06. The lowest BCUT2D eigenvalue weighted by molar-refractivity contribution is -0.149. The van der Waals surface area contributed by atoms with Gasteiger partial charge in [-0.1, -0.05) is 12.8 Å². The van der Waals surface area contributed by atoms with Crippen molar-refractivity contribution in [1.29, 1.82) is 0 Å². The summed E-state index contributed by atoms with van der Waals surface area (Å²) in [6.45, 7) is 5.13. The van der Waals surface area contributed by atoms with Crippen molar-refractivity contribution in [2.24, 2.45) is 5.41 Å². The number of amides is 2. The van der Waals surface area contributed by atoms with Gasteiger partial charge in [-0.2, -0.15) is 0 Å². The molecule has 19 heavy (non-hydrogen) atoms. The van der Waals surface area contributed by atoms with Crippen LogP contribution in [0.15, 0.2) is 0 Å². The van der Waals surface area contributed by atoms with Crippen LogP contribution in [0, 0.1) is 5.41 Å². The van der Waals surface area contributed by atoms with Crippen molar-refractivity contribution < 1.29 is 9.59 Å². The molecule has 1 saturated heterocycles. The summed E-state index contributed by atoms with van der Waals surface area (Å²) in [7, 11) is 0. The predicted molar refractivity (Wildman–Crippen MR) is 74.6 cm³/mol. The molecule has 2 amide bonds. The summed E-state index contributed by atoms with van der Waals surface area (Å²) in [6, 6.07) is 0.279. The lowest BCUT2D eigenvalue weighted by atomic mass is 9.89. The van der Waals surface area contributed by atoms with Gasteiger partial charge < -0.3 is 10.2 Å². The number of carbonyl (C=O) groups is 2. The fourth-order valence-electron chi connectivity index (χ4n) is 3.03. The van der Waals surface area contributed by atoms with Crippen molar-refractivity contribution in [3.63, 3.8) is 0 Å². The third kappa shape index (κ3) is 3.28. The third-order valence-corrected chi connectivity index (χ3v) is 4.44. The van der Waals surface area contributed by atoms with Crippen molar-refractivity contribution in [3.8, 4) is 0 Å². The van der Waals surface area contributed by atoms with E-state index in [2.05, 4.69) is 5.32 Å². The molecule has 0 unspecified atom stereocenters. The van der Waals surface area contributed by atoms with Crippen LogP contribution in [0.5, 0.6) is 0 Å². The van der Waals surface area contributed by atoms with E-state index in [9.17, 15) is 9.59 Å². The molecule has 2 fully saturated rings. The molecule has 0 bridgehead atoms. The van der Waals surface area contributed by atoms with Gasteiger partial charge in [-0.25, -0.2) is 0 Å². The molecule has 1 aliphatic carbocycles. The van der Waals surface area contributed by atoms with Crippen LogP contribution < -0.4 is 5.32 Å². The van der Waals surface area contributed by atoms with Gasteiger partial charge in [0.2, 0.25) is 11.8 Å². The SMILES string of the molecule is CC(C)(C(=O)NC1CCCC1)C(=O)N1CCCCC1. The molecule has 0 spiro atoms. The Morgan fingerprint density at radius 3 is 2.16 bits per heavy atom.